The number of benzene rings is 1. The minimum absolute atomic E-state index is 0.144. The van der Waals surface area contributed by atoms with Crippen LogP contribution < -0.4 is 5.11 Å². The third-order valence-electron chi connectivity index (χ3n) is 2.99. The van der Waals surface area contributed by atoms with Gasteiger partial charge in [0.1, 0.15) is 0 Å². The zero-order chi connectivity index (χ0) is 14.1. The molecule has 0 N–H and O–H groups in total. The maximum Gasteiger partial charge on any atom is 0.159 e. The number of para-hydroxylation sites is 1. The maximum absolute atomic E-state index is 10.8. The van der Waals surface area contributed by atoms with Crippen molar-refractivity contribution in [3.63, 3.8) is 0 Å². The van der Waals surface area contributed by atoms with E-state index in [1.807, 2.05) is 24.3 Å². The summed E-state index contributed by atoms with van der Waals surface area (Å²) in [5.41, 5.74) is 1.54. The van der Waals surface area contributed by atoms with Crippen LogP contribution in [0.3, 0.4) is 0 Å². The summed E-state index contributed by atoms with van der Waals surface area (Å²) in [7, 11) is 0. The van der Waals surface area contributed by atoms with Gasteiger partial charge in [-0.05, 0) is 23.8 Å². The van der Waals surface area contributed by atoms with E-state index in [1.54, 1.807) is 22.9 Å². The van der Waals surface area contributed by atoms with Crippen molar-refractivity contribution in [1.82, 2.24) is 14.8 Å². The Bertz CT molecular complexity index is 781. The molecule has 1 aromatic carbocycles. The summed E-state index contributed by atoms with van der Waals surface area (Å²) >= 11 is 5.72. The zero-order valence-corrected chi connectivity index (χ0v) is 11.0. The van der Waals surface area contributed by atoms with Gasteiger partial charge in [0.15, 0.2) is 11.0 Å². The normalized spacial score (nSPS) is 10.8. The van der Waals surface area contributed by atoms with E-state index in [0.29, 0.717) is 16.5 Å². The minimum atomic E-state index is -1.12. The molecule has 0 saturated carbocycles. The summed E-state index contributed by atoms with van der Waals surface area (Å²) in [6, 6.07) is 10.9. The summed E-state index contributed by atoms with van der Waals surface area (Å²) in [5, 5.41) is 19.8. The van der Waals surface area contributed by atoms with E-state index in [4.69, 9.17) is 11.6 Å². The van der Waals surface area contributed by atoms with Gasteiger partial charge in [-0.15, -0.1) is 10.2 Å². The number of aromatic nitrogens is 3. The van der Waals surface area contributed by atoms with Gasteiger partial charge in [0.05, 0.1) is 5.52 Å². The van der Waals surface area contributed by atoms with Crippen molar-refractivity contribution in [1.29, 1.82) is 0 Å². The van der Waals surface area contributed by atoms with Gasteiger partial charge in [-0.25, -0.2) is 0 Å². The molecule has 0 saturated heterocycles. The Kier molecular flexibility index (Phi) is 3.12. The third-order valence-corrected chi connectivity index (χ3v) is 3.20. The first-order valence-electron chi connectivity index (χ1n) is 5.93. The Morgan fingerprint density at radius 2 is 2.00 bits per heavy atom. The van der Waals surface area contributed by atoms with Crippen molar-refractivity contribution in [2.75, 3.05) is 0 Å². The van der Waals surface area contributed by atoms with Crippen LogP contribution in [0.25, 0.3) is 16.7 Å². The molecular weight excluding hydrogens is 278 g/mol. The summed E-state index contributed by atoms with van der Waals surface area (Å²) in [4.78, 5) is 10.8. The van der Waals surface area contributed by atoms with Crippen LogP contribution in [0.15, 0.2) is 42.6 Å². The Morgan fingerprint density at radius 1 is 1.20 bits per heavy atom. The highest BCUT2D eigenvalue weighted by Gasteiger charge is 2.10. The molecule has 0 radical (unpaired) electrons. The number of hydrogen-bond acceptors (Lipinski definition) is 4. The van der Waals surface area contributed by atoms with Gasteiger partial charge in [-0.3, -0.25) is 4.57 Å². The van der Waals surface area contributed by atoms with Gasteiger partial charge in [0.2, 0.25) is 0 Å². The molecule has 0 atom stereocenters. The summed E-state index contributed by atoms with van der Waals surface area (Å²) in [6.07, 6.45) is 1.59. The number of carboxylic acid groups (broad SMARTS) is 1. The van der Waals surface area contributed by atoms with Crippen molar-refractivity contribution < 1.29 is 9.90 Å². The minimum Gasteiger partial charge on any atom is -0.550 e. The number of hydrogen-bond donors (Lipinski definition) is 0. The molecule has 0 spiro atoms. The first-order chi connectivity index (χ1) is 9.65. The number of halogens is 1. The highest BCUT2D eigenvalue weighted by Crippen LogP contribution is 2.24. The Balaban J connectivity index is 2.20. The molecular formula is C14H9ClN3O2-. The number of carboxylic acids is 1. The van der Waals surface area contributed by atoms with Crippen LogP contribution in [0.1, 0.15) is 5.56 Å². The van der Waals surface area contributed by atoms with Crippen molar-refractivity contribution in [2.45, 2.75) is 6.42 Å². The highest BCUT2D eigenvalue weighted by molar-refractivity contribution is 6.29. The molecule has 2 aromatic heterocycles. The van der Waals surface area contributed by atoms with Crippen LogP contribution >= 0.6 is 11.6 Å². The molecule has 0 aliphatic carbocycles. The van der Waals surface area contributed by atoms with Gasteiger partial charge in [0, 0.05) is 24.0 Å². The highest BCUT2D eigenvalue weighted by atomic mass is 35.5. The number of nitrogens with zero attached hydrogens (tertiary/aromatic N) is 3. The fourth-order valence-corrected chi connectivity index (χ4v) is 2.27. The lowest BCUT2D eigenvalue weighted by Gasteiger charge is -2.02. The molecule has 20 heavy (non-hydrogen) atoms. The Hall–Kier alpha value is -2.40. The lowest BCUT2D eigenvalue weighted by atomic mass is 10.1. The van der Waals surface area contributed by atoms with Crippen molar-refractivity contribution in [3.05, 3.63) is 53.3 Å². The van der Waals surface area contributed by atoms with Crippen molar-refractivity contribution in [3.8, 4) is 5.82 Å². The van der Waals surface area contributed by atoms with Gasteiger partial charge in [-0.1, -0.05) is 29.8 Å². The fraction of sp³-hybridized carbons (Fsp3) is 0.0714. The van der Waals surface area contributed by atoms with E-state index in [1.165, 1.54) is 0 Å². The summed E-state index contributed by atoms with van der Waals surface area (Å²) < 4.78 is 1.79. The van der Waals surface area contributed by atoms with Gasteiger partial charge in [0.25, 0.3) is 0 Å². The molecule has 0 fully saturated rings. The second kappa shape index (κ2) is 4.94. The van der Waals surface area contributed by atoms with E-state index in [9.17, 15) is 9.90 Å². The first kappa shape index (κ1) is 12.6. The van der Waals surface area contributed by atoms with Gasteiger partial charge in [-0.2, -0.15) is 0 Å². The Labute approximate surface area is 119 Å². The molecule has 100 valence electrons. The number of carbonyl (C=O) groups excluding carboxylic acids is 1. The van der Waals surface area contributed by atoms with E-state index in [0.717, 1.165) is 10.9 Å². The predicted molar refractivity (Wildman–Crippen MR) is 72.6 cm³/mol. The van der Waals surface area contributed by atoms with Crippen LogP contribution in [0, 0.1) is 0 Å². The molecule has 0 unspecified atom stereocenters. The average Bonchev–Trinajstić information content (AvgIpc) is 2.78. The molecule has 0 bridgehead atoms. The topological polar surface area (TPSA) is 70.8 Å². The van der Waals surface area contributed by atoms with Gasteiger partial charge >= 0.3 is 0 Å². The van der Waals surface area contributed by atoms with Gasteiger partial charge < -0.3 is 9.90 Å². The van der Waals surface area contributed by atoms with Crippen molar-refractivity contribution >= 4 is 28.5 Å². The lowest BCUT2D eigenvalue weighted by Crippen LogP contribution is -2.24. The predicted octanol–water partition coefficient (Wildman–Crippen LogP) is 1.37. The number of fused-ring (bicyclic) bond motifs is 1. The van der Waals surface area contributed by atoms with Crippen LogP contribution in [-0.4, -0.2) is 20.7 Å². The van der Waals surface area contributed by atoms with Crippen LogP contribution in [0.2, 0.25) is 5.15 Å². The standard InChI is InChI=1S/C14H10ClN3O2/c15-12-5-6-13(17-16-12)18-8-9(7-14(19)20)10-3-1-2-4-11(10)18/h1-6,8H,7H2,(H,19,20)/p-1. The lowest BCUT2D eigenvalue weighted by molar-refractivity contribution is -0.304. The fourth-order valence-electron chi connectivity index (χ4n) is 2.17. The van der Waals surface area contributed by atoms with Crippen LogP contribution in [-0.2, 0) is 11.2 Å². The van der Waals surface area contributed by atoms with E-state index in [-0.39, 0.29) is 6.42 Å². The average molecular weight is 287 g/mol. The van der Waals surface area contributed by atoms with E-state index < -0.39 is 5.97 Å². The third kappa shape index (κ3) is 2.23. The SMILES string of the molecule is O=C([O-])Cc1cn(-c2ccc(Cl)nn2)c2ccccc12. The largest absolute Gasteiger partial charge is 0.550 e. The second-order valence-corrected chi connectivity index (χ2v) is 4.69. The number of rotatable bonds is 3. The van der Waals surface area contributed by atoms with Crippen molar-refractivity contribution in [2.24, 2.45) is 0 Å². The van der Waals surface area contributed by atoms with E-state index >= 15 is 0 Å². The number of aliphatic carboxylic acids is 1. The Morgan fingerprint density at radius 3 is 2.70 bits per heavy atom. The summed E-state index contributed by atoms with van der Waals surface area (Å²) in [5.74, 6) is -0.537. The van der Waals surface area contributed by atoms with Crippen LogP contribution in [0.5, 0.6) is 0 Å². The zero-order valence-electron chi connectivity index (χ0n) is 10.3. The molecule has 6 heteroatoms. The van der Waals surface area contributed by atoms with Crippen LogP contribution in [0.4, 0.5) is 0 Å². The quantitative estimate of drug-likeness (QED) is 0.729. The smallest absolute Gasteiger partial charge is 0.159 e. The molecule has 2 heterocycles. The molecule has 3 rings (SSSR count). The molecule has 0 amide bonds. The maximum atomic E-state index is 10.8. The molecule has 5 nitrogen and oxygen atoms in total. The molecule has 3 aromatic rings. The van der Waals surface area contributed by atoms with E-state index in [2.05, 4.69) is 10.2 Å². The second-order valence-electron chi connectivity index (χ2n) is 4.30. The monoisotopic (exact) mass is 286 g/mol. The first-order valence-corrected chi connectivity index (χ1v) is 6.31. The molecule has 0 aliphatic heterocycles. The summed E-state index contributed by atoms with van der Waals surface area (Å²) in [6.45, 7) is 0. The molecule has 0 aliphatic rings. The number of carbonyl (C=O) groups is 1.